The number of ether oxygens (including phenoxy) is 3. The second-order valence-electron chi connectivity index (χ2n) is 11.2. The van der Waals surface area contributed by atoms with E-state index < -0.39 is 5.41 Å². The van der Waals surface area contributed by atoms with Gasteiger partial charge in [0.1, 0.15) is 23.7 Å². The molecule has 212 valence electrons. The van der Waals surface area contributed by atoms with E-state index >= 15 is 0 Å². The lowest BCUT2D eigenvalue weighted by atomic mass is 9.94. The van der Waals surface area contributed by atoms with E-state index in [1.165, 1.54) is 18.4 Å². The van der Waals surface area contributed by atoms with Gasteiger partial charge in [0, 0.05) is 0 Å². The third kappa shape index (κ3) is 5.86. The molecule has 0 radical (unpaired) electrons. The van der Waals surface area contributed by atoms with Crippen molar-refractivity contribution >= 4 is 22.5 Å². The van der Waals surface area contributed by atoms with Gasteiger partial charge >= 0.3 is 0 Å². The van der Waals surface area contributed by atoms with Crippen molar-refractivity contribution in [3.05, 3.63) is 82.5 Å². The van der Waals surface area contributed by atoms with Gasteiger partial charge in [-0.2, -0.15) is 11.3 Å². The zero-order valence-corrected chi connectivity index (χ0v) is 24.5. The molecule has 1 fully saturated rings. The average Bonchev–Trinajstić information content (AvgIpc) is 3.77. The van der Waals surface area contributed by atoms with Gasteiger partial charge in [0.25, 0.3) is 0 Å². The zero-order chi connectivity index (χ0) is 28.4. The minimum atomic E-state index is -0.440. The summed E-state index contributed by atoms with van der Waals surface area (Å²) in [4.78, 5) is 12.7. The second kappa shape index (κ2) is 11.4. The van der Waals surface area contributed by atoms with Crippen LogP contribution in [0.5, 0.6) is 17.2 Å². The predicted molar refractivity (Wildman–Crippen MR) is 161 cm³/mol. The number of hydrogen-bond donors (Lipinski definition) is 2. The zero-order valence-electron chi connectivity index (χ0n) is 23.6. The highest BCUT2D eigenvalue weighted by molar-refractivity contribution is 7.08. The Morgan fingerprint density at radius 1 is 1.07 bits per heavy atom. The number of aromatic nitrogens is 4. The van der Waals surface area contributed by atoms with Gasteiger partial charge in [-0.25, -0.2) is 9.97 Å². The Kier molecular flexibility index (Phi) is 7.53. The molecule has 0 aliphatic heterocycles. The molecule has 0 spiro atoms. The van der Waals surface area contributed by atoms with Crippen molar-refractivity contribution < 1.29 is 14.2 Å². The van der Waals surface area contributed by atoms with Gasteiger partial charge in [0.05, 0.1) is 31.5 Å². The highest BCUT2D eigenvalue weighted by atomic mass is 32.1. The highest BCUT2D eigenvalue weighted by Crippen LogP contribution is 2.33. The minimum absolute atomic E-state index is 0.162. The molecule has 0 bridgehead atoms. The monoisotopic (exact) mass is 569 g/mol. The number of H-pyrrole nitrogens is 1. The molecule has 0 saturated heterocycles. The van der Waals surface area contributed by atoms with Gasteiger partial charge in [-0.1, -0.05) is 18.2 Å². The van der Waals surface area contributed by atoms with Gasteiger partial charge in [0.2, 0.25) is 0 Å². The van der Waals surface area contributed by atoms with Gasteiger partial charge in [0.15, 0.2) is 22.6 Å². The molecule has 8 nitrogen and oxygen atoms in total. The number of aromatic amines is 1. The second-order valence-corrected chi connectivity index (χ2v) is 12.0. The summed E-state index contributed by atoms with van der Waals surface area (Å²) < 4.78 is 20.1. The van der Waals surface area contributed by atoms with Crippen molar-refractivity contribution in [2.75, 3.05) is 13.7 Å². The Morgan fingerprint density at radius 2 is 1.93 bits per heavy atom. The fraction of sp³-hybridized carbons (Fsp3) is 0.344. The standard InChI is InChI=1S/C32H35N5O3S/c1-32(2,19-39-25-10-6-7-22(16-25)23-13-14-41-18-23)31-35-28-29(33)34-20-37(30(28)36-31)17-21-11-12-26(38-3)27(15-21)40-24-8-4-5-9-24/h6-7,10-16,18,20,24,33H,4-5,8-9,17,19H2,1-3H3,(H,35,36). The molecule has 0 atom stereocenters. The molecule has 1 aliphatic rings. The number of thiophene rings is 1. The van der Waals surface area contributed by atoms with Gasteiger partial charge < -0.3 is 23.8 Å². The van der Waals surface area contributed by atoms with E-state index in [4.69, 9.17) is 24.6 Å². The van der Waals surface area contributed by atoms with E-state index in [2.05, 4.69) is 52.8 Å². The lowest BCUT2D eigenvalue weighted by Gasteiger charge is -2.22. The first kappa shape index (κ1) is 27.1. The molecular formula is C32H35N5O3S. The first-order chi connectivity index (χ1) is 19.9. The first-order valence-corrected chi connectivity index (χ1v) is 14.9. The maximum Gasteiger partial charge on any atom is 0.173 e. The molecule has 5 aromatic rings. The lowest BCUT2D eigenvalue weighted by Crippen LogP contribution is -2.27. The normalized spacial score (nSPS) is 14.0. The first-order valence-electron chi connectivity index (χ1n) is 14.0. The summed E-state index contributed by atoms with van der Waals surface area (Å²) in [5.74, 6) is 3.06. The van der Waals surface area contributed by atoms with Crippen molar-refractivity contribution in [3.8, 4) is 28.4 Å². The smallest absolute Gasteiger partial charge is 0.173 e. The van der Waals surface area contributed by atoms with Crippen LogP contribution in [0.25, 0.3) is 22.3 Å². The van der Waals surface area contributed by atoms with Crippen molar-refractivity contribution in [1.82, 2.24) is 19.5 Å². The summed E-state index contributed by atoms with van der Waals surface area (Å²) in [5.41, 5.74) is 4.37. The molecule has 1 aliphatic carbocycles. The van der Waals surface area contributed by atoms with Gasteiger partial charge in [-0.3, -0.25) is 5.41 Å². The van der Waals surface area contributed by atoms with Crippen LogP contribution in [0.1, 0.15) is 50.9 Å². The Bertz CT molecular complexity index is 1700. The molecule has 6 rings (SSSR count). The van der Waals surface area contributed by atoms with Crippen LogP contribution in [-0.4, -0.2) is 39.3 Å². The summed E-state index contributed by atoms with van der Waals surface area (Å²) in [6.45, 7) is 5.13. The number of hydrogen-bond acceptors (Lipinski definition) is 7. The van der Waals surface area contributed by atoms with Crippen LogP contribution in [0.4, 0.5) is 0 Å². The number of nitrogens with one attached hydrogen (secondary N) is 2. The number of benzene rings is 2. The van der Waals surface area contributed by atoms with Crippen LogP contribution in [0, 0.1) is 5.41 Å². The number of fused-ring (bicyclic) bond motifs is 1. The minimum Gasteiger partial charge on any atom is -0.493 e. The van der Waals surface area contributed by atoms with Gasteiger partial charge in [-0.15, -0.1) is 0 Å². The Hall–Kier alpha value is -4.11. The quantitative estimate of drug-likeness (QED) is 0.195. The fourth-order valence-corrected chi connectivity index (χ4v) is 5.91. The maximum absolute atomic E-state index is 8.44. The third-order valence-electron chi connectivity index (χ3n) is 7.63. The molecule has 0 unspecified atom stereocenters. The third-order valence-corrected chi connectivity index (χ3v) is 8.31. The maximum atomic E-state index is 8.44. The number of rotatable bonds is 10. The summed E-state index contributed by atoms with van der Waals surface area (Å²) in [6, 6.07) is 16.3. The molecule has 2 N–H and O–H groups in total. The highest BCUT2D eigenvalue weighted by Gasteiger charge is 2.27. The van der Waals surface area contributed by atoms with Crippen LogP contribution in [0.3, 0.4) is 0 Å². The fourth-order valence-electron chi connectivity index (χ4n) is 5.24. The predicted octanol–water partition coefficient (Wildman–Crippen LogP) is 6.70. The SMILES string of the molecule is COc1ccc(Cn2cnc(=N)c3[nH]c(C(C)(C)COc4cccc(-c5ccsc5)c4)nc32)cc1OC1CCCC1. The average molecular weight is 570 g/mol. The number of methoxy groups -OCH3 is 1. The summed E-state index contributed by atoms with van der Waals surface area (Å²) in [6.07, 6.45) is 6.47. The summed E-state index contributed by atoms with van der Waals surface area (Å²) in [5, 5.41) is 12.6. The van der Waals surface area contributed by atoms with Crippen molar-refractivity contribution in [2.24, 2.45) is 0 Å². The van der Waals surface area contributed by atoms with Crippen molar-refractivity contribution in [1.29, 1.82) is 5.41 Å². The summed E-state index contributed by atoms with van der Waals surface area (Å²) in [7, 11) is 1.67. The van der Waals surface area contributed by atoms with Crippen LogP contribution in [0.15, 0.2) is 65.6 Å². The molecule has 3 aromatic heterocycles. The largest absolute Gasteiger partial charge is 0.493 e. The number of imidazole rings is 1. The Labute approximate surface area is 243 Å². The van der Waals surface area contributed by atoms with Gasteiger partial charge in [-0.05, 0) is 97.3 Å². The van der Waals surface area contributed by atoms with Crippen molar-refractivity contribution in [2.45, 2.75) is 57.6 Å². The van der Waals surface area contributed by atoms with E-state index in [1.54, 1.807) is 24.8 Å². The van der Waals surface area contributed by atoms with Crippen LogP contribution in [-0.2, 0) is 12.0 Å². The van der Waals surface area contributed by atoms with E-state index in [0.29, 0.717) is 24.3 Å². The van der Waals surface area contributed by atoms with E-state index in [1.807, 2.05) is 34.9 Å². The molecule has 3 heterocycles. The Morgan fingerprint density at radius 3 is 2.71 bits per heavy atom. The van der Waals surface area contributed by atoms with Crippen LogP contribution in [0.2, 0.25) is 0 Å². The Balaban J connectivity index is 1.23. The molecular weight excluding hydrogens is 534 g/mol. The van der Waals surface area contributed by atoms with E-state index in [9.17, 15) is 0 Å². The van der Waals surface area contributed by atoms with E-state index in [0.717, 1.165) is 47.0 Å². The molecule has 41 heavy (non-hydrogen) atoms. The summed E-state index contributed by atoms with van der Waals surface area (Å²) >= 11 is 1.68. The molecule has 1 saturated carbocycles. The lowest BCUT2D eigenvalue weighted by molar-refractivity contribution is 0.200. The van der Waals surface area contributed by atoms with Crippen molar-refractivity contribution in [3.63, 3.8) is 0 Å². The topological polar surface area (TPSA) is 98.0 Å². The number of nitrogens with zero attached hydrogens (tertiary/aromatic N) is 3. The van der Waals surface area contributed by atoms with E-state index in [-0.39, 0.29) is 11.6 Å². The molecule has 9 heteroatoms. The molecule has 2 aromatic carbocycles. The van der Waals surface area contributed by atoms with Crippen LogP contribution >= 0.6 is 11.3 Å². The van der Waals surface area contributed by atoms with Crippen LogP contribution < -0.4 is 19.7 Å². The molecule has 0 amide bonds.